The van der Waals surface area contributed by atoms with E-state index in [4.69, 9.17) is 0 Å². The molecule has 0 aliphatic carbocycles. The summed E-state index contributed by atoms with van der Waals surface area (Å²) >= 11 is 1.72. The second-order valence-corrected chi connectivity index (χ2v) is 7.51. The number of aliphatic hydroxyl groups is 1. The van der Waals surface area contributed by atoms with Crippen LogP contribution in [0.15, 0.2) is 17.2 Å². The molecule has 18 heavy (non-hydrogen) atoms. The van der Waals surface area contributed by atoms with E-state index in [9.17, 15) is 5.11 Å². The highest BCUT2D eigenvalue weighted by Crippen LogP contribution is 2.30. The van der Waals surface area contributed by atoms with Crippen LogP contribution in [0.4, 0.5) is 5.82 Å². The topological polar surface area (TPSA) is 49.2 Å². The van der Waals surface area contributed by atoms with Crippen LogP contribution in [-0.2, 0) is 0 Å². The van der Waals surface area contributed by atoms with Crippen LogP contribution in [0.3, 0.4) is 0 Å². The summed E-state index contributed by atoms with van der Waals surface area (Å²) in [7, 11) is 0. The molecule has 1 saturated heterocycles. The number of anilines is 1. The summed E-state index contributed by atoms with van der Waals surface area (Å²) in [5.74, 6) is 0.917. The monoisotopic (exact) mass is 267 g/mol. The summed E-state index contributed by atoms with van der Waals surface area (Å²) < 4.78 is 0.158. The second kappa shape index (κ2) is 5.45. The van der Waals surface area contributed by atoms with Gasteiger partial charge in [0.05, 0.1) is 6.10 Å². The molecule has 1 aromatic heterocycles. The van der Waals surface area contributed by atoms with Gasteiger partial charge in [0.2, 0.25) is 0 Å². The van der Waals surface area contributed by atoms with Gasteiger partial charge in [0, 0.05) is 17.8 Å². The van der Waals surface area contributed by atoms with Crippen LogP contribution in [0.5, 0.6) is 0 Å². The Hall–Kier alpha value is -0.810. The van der Waals surface area contributed by atoms with Crippen LogP contribution in [0.2, 0.25) is 0 Å². The quantitative estimate of drug-likeness (QED) is 0.833. The maximum Gasteiger partial charge on any atom is 0.151 e. The Morgan fingerprint density at radius 3 is 2.39 bits per heavy atom. The van der Waals surface area contributed by atoms with Crippen molar-refractivity contribution in [2.75, 3.05) is 18.0 Å². The molecule has 0 unspecified atom stereocenters. The smallest absolute Gasteiger partial charge is 0.151 e. The third-order valence-corrected chi connectivity index (χ3v) is 3.86. The molecular weight excluding hydrogens is 246 g/mol. The molecule has 5 heteroatoms. The van der Waals surface area contributed by atoms with Crippen molar-refractivity contribution in [1.82, 2.24) is 10.2 Å². The predicted octanol–water partition coefficient (Wildman–Crippen LogP) is 2.33. The Labute approximate surface area is 113 Å². The molecule has 100 valence electrons. The van der Waals surface area contributed by atoms with Crippen molar-refractivity contribution in [1.29, 1.82) is 0 Å². The van der Waals surface area contributed by atoms with Gasteiger partial charge in [-0.15, -0.1) is 10.2 Å². The zero-order valence-corrected chi connectivity index (χ0v) is 12.1. The molecule has 0 saturated carbocycles. The van der Waals surface area contributed by atoms with E-state index < -0.39 is 0 Å². The maximum absolute atomic E-state index is 9.48. The first-order valence-electron chi connectivity index (χ1n) is 6.40. The largest absolute Gasteiger partial charge is 0.393 e. The van der Waals surface area contributed by atoms with Gasteiger partial charge in [-0.2, -0.15) is 0 Å². The first-order valence-corrected chi connectivity index (χ1v) is 7.21. The number of thioether (sulfide) groups is 1. The SMILES string of the molecule is CC(C)(C)Sc1ccc(N2CCC(O)CC2)nn1. The van der Waals surface area contributed by atoms with Gasteiger partial charge >= 0.3 is 0 Å². The number of aliphatic hydroxyl groups excluding tert-OH is 1. The molecule has 0 spiro atoms. The molecule has 2 heterocycles. The molecule has 1 aliphatic rings. The van der Waals surface area contributed by atoms with Crippen LogP contribution in [0, 0.1) is 0 Å². The van der Waals surface area contributed by atoms with Gasteiger partial charge in [-0.3, -0.25) is 0 Å². The predicted molar refractivity (Wildman–Crippen MR) is 75.1 cm³/mol. The van der Waals surface area contributed by atoms with Crippen molar-refractivity contribution in [2.45, 2.75) is 49.5 Å². The summed E-state index contributed by atoms with van der Waals surface area (Å²) in [5, 5.41) is 19.0. The minimum absolute atomic E-state index is 0.148. The Balaban J connectivity index is 1.99. The third-order valence-electron chi connectivity index (χ3n) is 2.83. The molecule has 4 nitrogen and oxygen atoms in total. The minimum Gasteiger partial charge on any atom is -0.393 e. The second-order valence-electron chi connectivity index (χ2n) is 5.66. The first kappa shape index (κ1) is 13.6. The molecular formula is C13H21N3OS. The molecule has 1 aliphatic heterocycles. The van der Waals surface area contributed by atoms with Crippen LogP contribution in [-0.4, -0.2) is 39.2 Å². The summed E-state index contributed by atoms with van der Waals surface area (Å²) in [5.41, 5.74) is 0. The number of piperidine rings is 1. The van der Waals surface area contributed by atoms with Crippen molar-refractivity contribution >= 4 is 17.6 Å². The Morgan fingerprint density at radius 1 is 1.22 bits per heavy atom. The highest BCUT2D eigenvalue weighted by Gasteiger charge is 2.19. The lowest BCUT2D eigenvalue weighted by Gasteiger charge is -2.30. The molecule has 0 radical (unpaired) electrons. The zero-order valence-electron chi connectivity index (χ0n) is 11.3. The van der Waals surface area contributed by atoms with Crippen LogP contribution >= 0.6 is 11.8 Å². The van der Waals surface area contributed by atoms with Gasteiger partial charge < -0.3 is 10.0 Å². The van der Waals surface area contributed by atoms with E-state index in [1.54, 1.807) is 11.8 Å². The number of nitrogens with zero attached hydrogens (tertiary/aromatic N) is 3. The number of rotatable bonds is 2. The van der Waals surface area contributed by atoms with Gasteiger partial charge in [0.1, 0.15) is 5.03 Å². The van der Waals surface area contributed by atoms with Crippen LogP contribution in [0.1, 0.15) is 33.6 Å². The van der Waals surface area contributed by atoms with Crippen molar-refractivity contribution in [3.8, 4) is 0 Å². The fraction of sp³-hybridized carbons (Fsp3) is 0.692. The normalized spacial score (nSPS) is 18.1. The molecule has 0 amide bonds. The van der Waals surface area contributed by atoms with Crippen LogP contribution in [0.25, 0.3) is 0 Å². The highest BCUT2D eigenvalue weighted by atomic mass is 32.2. The molecule has 0 aromatic carbocycles. The molecule has 1 aromatic rings. The van der Waals surface area contributed by atoms with E-state index in [0.29, 0.717) is 0 Å². The standard InChI is InChI=1S/C13H21N3OS/c1-13(2,3)18-12-5-4-11(14-15-12)16-8-6-10(17)7-9-16/h4-5,10,17H,6-9H2,1-3H3. The summed E-state index contributed by atoms with van der Waals surface area (Å²) in [6.07, 6.45) is 1.49. The lowest BCUT2D eigenvalue weighted by atomic mass is 10.1. The number of hydrogen-bond acceptors (Lipinski definition) is 5. The zero-order chi connectivity index (χ0) is 13.2. The van der Waals surface area contributed by atoms with Crippen molar-refractivity contribution in [3.63, 3.8) is 0 Å². The number of aromatic nitrogens is 2. The van der Waals surface area contributed by atoms with Gasteiger partial charge in [0.15, 0.2) is 5.82 Å². The van der Waals surface area contributed by atoms with E-state index in [0.717, 1.165) is 36.8 Å². The summed E-state index contributed by atoms with van der Waals surface area (Å²) in [6.45, 7) is 8.22. The molecule has 0 atom stereocenters. The lowest BCUT2D eigenvalue weighted by Crippen LogP contribution is -2.36. The molecule has 2 rings (SSSR count). The van der Waals surface area contributed by atoms with Crippen molar-refractivity contribution in [3.05, 3.63) is 12.1 Å². The maximum atomic E-state index is 9.48. The van der Waals surface area contributed by atoms with Gasteiger partial charge in [0.25, 0.3) is 0 Å². The van der Waals surface area contributed by atoms with Crippen molar-refractivity contribution < 1.29 is 5.11 Å². The third kappa shape index (κ3) is 3.85. The number of hydrogen-bond donors (Lipinski definition) is 1. The van der Waals surface area contributed by atoms with Crippen LogP contribution < -0.4 is 4.90 Å². The van der Waals surface area contributed by atoms with E-state index in [1.807, 2.05) is 12.1 Å². The molecule has 1 fully saturated rings. The average Bonchev–Trinajstić information content (AvgIpc) is 2.29. The minimum atomic E-state index is -0.148. The van der Waals surface area contributed by atoms with Crippen molar-refractivity contribution in [2.24, 2.45) is 0 Å². The Kier molecular flexibility index (Phi) is 4.12. The van der Waals surface area contributed by atoms with Gasteiger partial charge in [-0.25, -0.2) is 0 Å². The Bertz CT molecular complexity index is 380. The lowest BCUT2D eigenvalue weighted by molar-refractivity contribution is 0.145. The van der Waals surface area contributed by atoms with Gasteiger partial charge in [-0.05, 0) is 25.0 Å². The van der Waals surface area contributed by atoms with E-state index in [1.165, 1.54) is 0 Å². The van der Waals surface area contributed by atoms with E-state index >= 15 is 0 Å². The molecule has 0 bridgehead atoms. The fourth-order valence-corrected chi connectivity index (χ4v) is 2.79. The summed E-state index contributed by atoms with van der Waals surface area (Å²) in [4.78, 5) is 2.19. The average molecular weight is 267 g/mol. The van der Waals surface area contributed by atoms with Gasteiger partial charge in [-0.1, -0.05) is 32.5 Å². The van der Waals surface area contributed by atoms with E-state index in [2.05, 4.69) is 35.9 Å². The Morgan fingerprint density at radius 2 is 1.89 bits per heavy atom. The molecule has 1 N–H and O–H groups in total. The summed E-state index contributed by atoms with van der Waals surface area (Å²) in [6, 6.07) is 4.06. The van der Waals surface area contributed by atoms with E-state index in [-0.39, 0.29) is 10.9 Å². The first-order chi connectivity index (χ1) is 8.44. The highest BCUT2D eigenvalue weighted by molar-refractivity contribution is 8.00. The fourth-order valence-electron chi connectivity index (χ4n) is 1.94.